The van der Waals surface area contributed by atoms with E-state index in [1.54, 1.807) is 54.5 Å². The molecule has 0 spiro atoms. The summed E-state index contributed by atoms with van der Waals surface area (Å²) in [5.74, 6) is 0. The van der Waals surface area contributed by atoms with Gasteiger partial charge in [0.15, 0.2) is 0 Å². The van der Waals surface area contributed by atoms with Crippen LogP contribution in [-0.2, 0) is 12.7 Å². The van der Waals surface area contributed by atoms with Crippen molar-refractivity contribution >= 4 is 10.9 Å². The predicted octanol–water partition coefficient (Wildman–Crippen LogP) is 4.23. The van der Waals surface area contributed by atoms with Gasteiger partial charge >= 0.3 is 17.9 Å². The lowest BCUT2D eigenvalue weighted by atomic mass is 10.1. The van der Waals surface area contributed by atoms with Crippen molar-refractivity contribution in [2.45, 2.75) is 19.6 Å². The fourth-order valence-electron chi connectivity index (χ4n) is 3.77. The van der Waals surface area contributed by atoms with E-state index < -0.39 is 17.4 Å². The minimum atomic E-state index is -4.49. The van der Waals surface area contributed by atoms with Gasteiger partial charge in [-0.25, -0.2) is 14.0 Å². The van der Waals surface area contributed by atoms with Crippen molar-refractivity contribution in [1.29, 1.82) is 0 Å². The molecule has 0 unspecified atom stereocenters. The normalized spacial score (nSPS) is 11.8. The first-order valence-electron chi connectivity index (χ1n) is 10.7. The van der Waals surface area contributed by atoms with Crippen molar-refractivity contribution in [1.82, 2.24) is 29.1 Å². The minimum absolute atomic E-state index is 0.00608. The number of ether oxygens (including phenoxy) is 1. The minimum Gasteiger partial charge on any atom is -0.464 e. The van der Waals surface area contributed by atoms with Gasteiger partial charge in [-0.2, -0.15) is 23.0 Å². The Kier molecular flexibility index (Phi) is 5.59. The second-order valence-corrected chi connectivity index (χ2v) is 7.69. The van der Waals surface area contributed by atoms with E-state index in [4.69, 9.17) is 4.74 Å². The Bertz CT molecular complexity index is 1550. The summed E-state index contributed by atoms with van der Waals surface area (Å²) in [7, 11) is 0. The van der Waals surface area contributed by atoms with Gasteiger partial charge < -0.3 is 4.74 Å². The van der Waals surface area contributed by atoms with Gasteiger partial charge in [-0.3, -0.25) is 4.98 Å². The molecule has 2 aromatic carbocycles. The highest BCUT2D eigenvalue weighted by Gasteiger charge is 2.30. The molecule has 0 atom stereocenters. The zero-order chi connectivity index (χ0) is 24.6. The fraction of sp³-hybridized carbons (Fsp3) is 0.167. The highest BCUT2D eigenvalue weighted by atomic mass is 19.4. The van der Waals surface area contributed by atoms with E-state index in [1.165, 1.54) is 21.4 Å². The first kappa shape index (κ1) is 22.4. The van der Waals surface area contributed by atoms with Gasteiger partial charge in [0.25, 0.3) is 0 Å². The van der Waals surface area contributed by atoms with Crippen LogP contribution >= 0.6 is 0 Å². The maximum absolute atomic E-state index is 13.4. The molecule has 0 aliphatic heterocycles. The molecule has 35 heavy (non-hydrogen) atoms. The van der Waals surface area contributed by atoms with Crippen LogP contribution in [0.1, 0.15) is 18.1 Å². The third-order valence-corrected chi connectivity index (χ3v) is 5.36. The average Bonchev–Trinajstić information content (AvgIpc) is 3.42. The van der Waals surface area contributed by atoms with E-state index in [0.717, 1.165) is 17.8 Å². The van der Waals surface area contributed by atoms with Gasteiger partial charge in [0.1, 0.15) is 0 Å². The van der Waals surface area contributed by atoms with Crippen molar-refractivity contribution in [2.24, 2.45) is 0 Å². The Morgan fingerprint density at radius 1 is 1.03 bits per heavy atom. The maximum atomic E-state index is 13.4. The quantitative estimate of drug-likeness (QED) is 0.363. The van der Waals surface area contributed by atoms with E-state index >= 15 is 0 Å². The lowest BCUT2D eigenvalue weighted by Crippen LogP contribution is -2.25. The molecule has 178 valence electrons. The van der Waals surface area contributed by atoms with Crippen LogP contribution in [0.4, 0.5) is 13.2 Å². The zero-order valence-corrected chi connectivity index (χ0v) is 18.5. The standard InChI is InChI=1S/C24H19F3N6O2/c1-2-35-22-30-33(23(34)31(22)14-16-6-3-7-17(12-16)24(25,26)27)21-10-4-9-20-19(21)15-32(29-20)18-8-5-11-28-13-18/h3-13,15H,2,14H2,1H3. The number of alkyl halides is 3. The molecule has 0 radical (unpaired) electrons. The van der Waals surface area contributed by atoms with Gasteiger partial charge in [0.05, 0.1) is 41.8 Å². The van der Waals surface area contributed by atoms with E-state index in [2.05, 4.69) is 15.2 Å². The van der Waals surface area contributed by atoms with Gasteiger partial charge in [-0.1, -0.05) is 18.2 Å². The molecule has 0 bridgehead atoms. The third-order valence-electron chi connectivity index (χ3n) is 5.36. The summed E-state index contributed by atoms with van der Waals surface area (Å²) in [4.78, 5) is 17.5. The lowest BCUT2D eigenvalue weighted by Gasteiger charge is -2.09. The molecule has 8 nitrogen and oxygen atoms in total. The Morgan fingerprint density at radius 3 is 2.60 bits per heavy atom. The van der Waals surface area contributed by atoms with Crippen molar-refractivity contribution in [3.63, 3.8) is 0 Å². The number of halogens is 3. The van der Waals surface area contributed by atoms with Crippen molar-refractivity contribution in [2.75, 3.05) is 6.61 Å². The summed E-state index contributed by atoms with van der Waals surface area (Å²) in [6, 6.07) is 13.7. The molecule has 0 aliphatic carbocycles. The molecule has 5 aromatic rings. The molecule has 0 N–H and O–H groups in total. The van der Waals surface area contributed by atoms with Gasteiger partial charge in [-0.05, 0) is 48.9 Å². The second kappa shape index (κ2) is 8.75. The van der Waals surface area contributed by atoms with Crippen molar-refractivity contribution in [3.05, 3.63) is 94.8 Å². The number of pyridine rings is 1. The van der Waals surface area contributed by atoms with Crippen LogP contribution in [0, 0.1) is 0 Å². The Balaban J connectivity index is 1.60. The highest BCUT2D eigenvalue weighted by Crippen LogP contribution is 2.30. The number of fused-ring (bicyclic) bond motifs is 1. The number of hydrogen-bond acceptors (Lipinski definition) is 5. The SMILES string of the molecule is CCOc1nn(-c2cccc3nn(-c4cccnc4)cc23)c(=O)n1Cc1cccc(C(F)(F)F)c1. The smallest absolute Gasteiger partial charge is 0.416 e. The van der Waals surface area contributed by atoms with Crippen LogP contribution in [0.5, 0.6) is 6.01 Å². The molecule has 11 heteroatoms. The van der Waals surface area contributed by atoms with E-state index in [9.17, 15) is 18.0 Å². The summed E-state index contributed by atoms with van der Waals surface area (Å²) in [5.41, 5.74) is 0.792. The van der Waals surface area contributed by atoms with Gasteiger partial charge in [-0.15, -0.1) is 5.10 Å². The number of aromatic nitrogens is 6. The number of nitrogens with zero attached hydrogens (tertiary/aromatic N) is 6. The van der Waals surface area contributed by atoms with Crippen molar-refractivity contribution < 1.29 is 17.9 Å². The van der Waals surface area contributed by atoms with Crippen LogP contribution in [0.3, 0.4) is 0 Å². The summed E-state index contributed by atoms with van der Waals surface area (Å²) >= 11 is 0. The van der Waals surface area contributed by atoms with Gasteiger partial charge in [0.2, 0.25) is 0 Å². The predicted molar refractivity (Wildman–Crippen MR) is 122 cm³/mol. The maximum Gasteiger partial charge on any atom is 0.416 e. The Hall–Kier alpha value is -4.41. The molecule has 3 heterocycles. The number of rotatable bonds is 6. The van der Waals surface area contributed by atoms with Gasteiger partial charge in [0, 0.05) is 17.8 Å². The van der Waals surface area contributed by atoms with E-state index in [-0.39, 0.29) is 19.2 Å². The zero-order valence-electron chi connectivity index (χ0n) is 18.5. The Morgan fingerprint density at radius 2 is 1.86 bits per heavy atom. The highest BCUT2D eigenvalue weighted by molar-refractivity contribution is 5.87. The average molecular weight is 480 g/mol. The third kappa shape index (κ3) is 4.27. The first-order chi connectivity index (χ1) is 16.8. The van der Waals surface area contributed by atoms with Crippen LogP contribution in [0.2, 0.25) is 0 Å². The van der Waals surface area contributed by atoms with Crippen LogP contribution in [0.25, 0.3) is 22.3 Å². The molecule has 5 rings (SSSR count). The topological polar surface area (TPSA) is 79.8 Å². The monoisotopic (exact) mass is 480 g/mol. The van der Waals surface area contributed by atoms with Crippen molar-refractivity contribution in [3.8, 4) is 17.4 Å². The molecule has 0 fully saturated rings. The lowest BCUT2D eigenvalue weighted by molar-refractivity contribution is -0.137. The number of hydrogen-bond donors (Lipinski definition) is 0. The van der Waals surface area contributed by atoms with Crippen LogP contribution in [-0.4, -0.2) is 35.7 Å². The van der Waals surface area contributed by atoms with E-state index in [1.807, 2.05) is 6.07 Å². The summed E-state index contributed by atoms with van der Waals surface area (Å²) in [6.45, 7) is 1.82. The Labute approximate surface area is 196 Å². The summed E-state index contributed by atoms with van der Waals surface area (Å²) in [6.07, 6.45) is 0.594. The molecule has 0 aliphatic rings. The fourth-order valence-corrected chi connectivity index (χ4v) is 3.77. The summed E-state index contributed by atoms with van der Waals surface area (Å²) < 4.78 is 49.1. The van der Waals surface area contributed by atoms with E-state index in [0.29, 0.717) is 22.2 Å². The number of benzene rings is 2. The van der Waals surface area contributed by atoms with Crippen LogP contribution in [0.15, 0.2) is 78.0 Å². The molecule has 0 amide bonds. The first-order valence-corrected chi connectivity index (χ1v) is 10.7. The molecular formula is C24H19F3N6O2. The largest absolute Gasteiger partial charge is 0.464 e. The summed E-state index contributed by atoms with van der Waals surface area (Å²) in [5, 5.41) is 9.55. The molecule has 3 aromatic heterocycles. The van der Waals surface area contributed by atoms with Crippen LogP contribution < -0.4 is 10.4 Å². The molecule has 0 saturated heterocycles. The second-order valence-electron chi connectivity index (χ2n) is 7.69. The molecule has 0 saturated carbocycles. The molecular weight excluding hydrogens is 461 g/mol.